The Kier molecular flexibility index (Phi) is 8.16. The number of nitrogens with zero attached hydrogens (tertiary/aromatic N) is 2. The van der Waals surface area contributed by atoms with Gasteiger partial charge in [0.1, 0.15) is 0 Å². The van der Waals surface area contributed by atoms with Crippen LogP contribution in [0.1, 0.15) is 28.8 Å². The summed E-state index contributed by atoms with van der Waals surface area (Å²) in [5, 5.41) is 19.7. The number of aliphatic carboxylic acids is 1. The van der Waals surface area contributed by atoms with E-state index in [1.807, 2.05) is 34.9 Å². The van der Waals surface area contributed by atoms with Crippen LogP contribution in [-0.4, -0.2) is 27.9 Å². The molecule has 1 aromatic carbocycles. The summed E-state index contributed by atoms with van der Waals surface area (Å²) in [5.41, 5.74) is 4.25. The summed E-state index contributed by atoms with van der Waals surface area (Å²) in [6.45, 7) is 5.07. The number of pyridine rings is 1. The van der Waals surface area contributed by atoms with Crippen molar-refractivity contribution in [3.8, 4) is 6.07 Å². The average molecular weight is 433 g/mol. The number of hydrogen-bond acceptors (Lipinski definition) is 4. The van der Waals surface area contributed by atoms with E-state index in [1.54, 1.807) is 12.1 Å². The van der Waals surface area contributed by atoms with Gasteiger partial charge in [-0.15, -0.1) is 6.58 Å². The first kappa shape index (κ1) is 23.9. The number of carboxylic acids is 1. The molecule has 1 aliphatic rings. The largest absolute Gasteiger partial charge is 0.490 e. The second-order valence-electron chi connectivity index (χ2n) is 6.98. The van der Waals surface area contributed by atoms with Crippen molar-refractivity contribution in [2.45, 2.75) is 44.6 Å². The Balaban J connectivity index is 0.000000423. The smallest absolute Gasteiger partial charge is 0.475 e. The van der Waals surface area contributed by atoms with Gasteiger partial charge >= 0.3 is 12.1 Å². The van der Waals surface area contributed by atoms with Crippen molar-refractivity contribution in [1.82, 2.24) is 9.88 Å². The maximum atomic E-state index is 12.0. The van der Waals surface area contributed by atoms with E-state index in [0.717, 1.165) is 37.1 Å². The molecule has 0 amide bonds. The van der Waals surface area contributed by atoms with Gasteiger partial charge in [0.25, 0.3) is 5.56 Å². The SMILES string of the molecule is C=CCn1c2c(ccc1=O)CC(NCc1cccc(C#N)c1)CC2.O=C(O)C(F)(F)F. The second kappa shape index (κ2) is 10.6. The summed E-state index contributed by atoms with van der Waals surface area (Å²) in [5.74, 6) is -2.76. The molecule has 2 N–H and O–H groups in total. The number of halogens is 3. The molecule has 1 aromatic heterocycles. The topological polar surface area (TPSA) is 95.1 Å². The molecule has 0 bridgehead atoms. The van der Waals surface area contributed by atoms with Gasteiger partial charge in [-0.05, 0) is 42.5 Å². The summed E-state index contributed by atoms with van der Waals surface area (Å²) in [6, 6.07) is 13.9. The van der Waals surface area contributed by atoms with Gasteiger partial charge in [0.2, 0.25) is 0 Å². The fourth-order valence-electron chi connectivity index (χ4n) is 3.34. The zero-order valence-electron chi connectivity index (χ0n) is 16.7. The van der Waals surface area contributed by atoms with Crippen molar-refractivity contribution in [2.24, 2.45) is 0 Å². The molecule has 3 rings (SSSR count). The Labute approximate surface area is 177 Å². The lowest BCUT2D eigenvalue weighted by atomic mass is 9.91. The lowest BCUT2D eigenvalue weighted by Gasteiger charge is -2.27. The number of carbonyl (C=O) groups is 1. The van der Waals surface area contributed by atoms with E-state index in [9.17, 15) is 18.0 Å². The summed E-state index contributed by atoms with van der Waals surface area (Å²) in [4.78, 5) is 20.9. The Morgan fingerprint density at radius 1 is 1.35 bits per heavy atom. The molecule has 6 nitrogen and oxygen atoms in total. The van der Waals surface area contributed by atoms with Crippen molar-refractivity contribution < 1.29 is 23.1 Å². The highest BCUT2D eigenvalue weighted by atomic mass is 19.4. The molecule has 1 atom stereocenters. The molecule has 31 heavy (non-hydrogen) atoms. The van der Waals surface area contributed by atoms with Gasteiger partial charge in [-0.25, -0.2) is 4.79 Å². The van der Waals surface area contributed by atoms with E-state index in [0.29, 0.717) is 18.2 Å². The van der Waals surface area contributed by atoms with Gasteiger partial charge in [0.05, 0.1) is 11.6 Å². The third-order valence-electron chi connectivity index (χ3n) is 4.79. The van der Waals surface area contributed by atoms with Crippen molar-refractivity contribution in [2.75, 3.05) is 0 Å². The standard InChI is InChI=1S/C20H21N3O.C2HF3O2/c1-2-10-23-19-8-7-18(12-17(19)6-9-20(23)24)22-14-16-5-3-4-15(11-16)13-21;3-2(4,5)1(6)7/h2-6,9,11,18,22H,1,7-8,10,12,14H2;(H,6,7). The number of carboxylic acid groups (broad SMARTS) is 1. The molecular formula is C22H22F3N3O3. The molecule has 0 spiro atoms. The molecule has 1 unspecified atom stereocenters. The quantitative estimate of drug-likeness (QED) is 0.707. The van der Waals surface area contributed by atoms with Crippen LogP contribution in [0.25, 0.3) is 0 Å². The van der Waals surface area contributed by atoms with Gasteiger partial charge in [-0.3, -0.25) is 4.79 Å². The number of nitrogens with one attached hydrogen (secondary N) is 1. The maximum Gasteiger partial charge on any atom is 0.490 e. The normalized spacial score (nSPS) is 15.1. The number of alkyl halides is 3. The summed E-state index contributed by atoms with van der Waals surface area (Å²) in [7, 11) is 0. The van der Waals surface area contributed by atoms with E-state index in [2.05, 4.69) is 18.0 Å². The molecule has 0 radical (unpaired) electrons. The number of benzene rings is 1. The minimum absolute atomic E-state index is 0.0494. The van der Waals surface area contributed by atoms with Crippen LogP contribution in [0.2, 0.25) is 0 Å². The minimum Gasteiger partial charge on any atom is -0.475 e. The molecule has 0 saturated heterocycles. The molecule has 0 aliphatic heterocycles. The Bertz CT molecular complexity index is 1040. The van der Waals surface area contributed by atoms with Gasteiger partial charge in [-0.1, -0.05) is 24.3 Å². The fraction of sp³-hybridized carbons (Fsp3) is 0.318. The number of aromatic nitrogens is 1. The van der Waals surface area contributed by atoms with Crippen LogP contribution < -0.4 is 10.9 Å². The van der Waals surface area contributed by atoms with Crippen LogP contribution in [-0.2, 0) is 30.7 Å². The molecule has 0 saturated carbocycles. The number of hydrogen-bond donors (Lipinski definition) is 2. The summed E-state index contributed by atoms with van der Waals surface area (Å²) >= 11 is 0. The maximum absolute atomic E-state index is 12.0. The first-order valence-electron chi connectivity index (χ1n) is 9.50. The monoisotopic (exact) mass is 433 g/mol. The zero-order chi connectivity index (χ0) is 23.0. The molecule has 1 aliphatic carbocycles. The van der Waals surface area contributed by atoms with Crippen LogP contribution >= 0.6 is 0 Å². The molecular weight excluding hydrogens is 411 g/mol. The third-order valence-corrected chi connectivity index (χ3v) is 4.79. The van der Waals surface area contributed by atoms with Crippen molar-refractivity contribution in [3.05, 3.63) is 81.8 Å². The molecule has 0 fully saturated rings. The highest BCUT2D eigenvalue weighted by Gasteiger charge is 2.38. The van der Waals surface area contributed by atoms with E-state index in [1.165, 1.54) is 5.56 Å². The van der Waals surface area contributed by atoms with Gasteiger partial charge in [-0.2, -0.15) is 18.4 Å². The number of allylic oxidation sites excluding steroid dienone is 1. The van der Waals surface area contributed by atoms with Crippen LogP contribution in [0, 0.1) is 11.3 Å². The highest BCUT2D eigenvalue weighted by molar-refractivity contribution is 5.73. The average Bonchev–Trinajstić information content (AvgIpc) is 2.74. The molecule has 164 valence electrons. The van der Waals surface area contributed by atoms with E-state index >= 15 is 0 Å². The van der Waals surface area contributed by atoms with Gasteiger partial charge in [0.15, 0.2) is 0 Å². The van der Waals surface area contributed by atoms with E-state index < -0.39 is 12.1 Å². The predicted octanol–water partition coefficient (Wildman–Crippen LogP) is 3.19. The van der Waals surface area contributed by atoms with Crippen LogP contribution in [0.3, 0.4) is 0 Å². The van der Waals surface area contributed by atoms with Gasteiger partial charge in [0, 0.05) is 30.9 Å². The molecule has 9 heteroatoms. The molecule has 1 heterocycles. The predicted molar refractivity (Wildman–Crippen MR) is 108 cm³/mol. The first-order chi connectivity index (χ1) is 14.7. The highest BCUT2D eigenvalue weighted by Crippen LogP contribution is 2.21. The van der Waals surface area contributed by atoms with Crippen molar-refractivity contribution in [1.29, 1.82) is 5.26 Å². The fourth-order valence-corrected chi connectivity index (χ4v) is 3.34. The second-order valence-corrected chi connectivity index (χ2v) is 6.98. The Morgan fingerprint density at radius 3 is 2.68 bits per heavy atom. The van der Waals surface area contributed by atoms with E-state index in [-0.39, 0.29) is 5.56 Å². The van der Waals surface area contributed by atoms with Gasteiger partial charge < -0.3 is 15.0 Å². The molecule has 2 aromatic rings. The van der Waals surface area contributed by atoms with E-state index in [4.69, 9.17) is 15.2 Å². The number of rotatable bonds is 5. The first-order valence-corrected chi connectivity index (χ1v) is 9.50. The number of fused-ring (bicyclic) bond motifs is 1. The van der Waals surface area contributed by atoms with Crippen LogP contribution in [0.5, 0.6) is 0 Å². The zero-order valence-corrected chi connectivity index (χ0v) is 16.7. The Morgan fingerprint density at radius 2 is 2.06 bits per heavy atom. The lowest BCUT2D eigenvalue weighted by Crippen LogP contribution is -2.37. The summed E-state index contributed by atoms with van der Waals surface area (Å²) in [6.07, 6.45) is -0.487. The van der Waals surface area contributed by atoms with Crippen LogP contribution in [0.15, 0.2) is 53.8 Å². The van der Waals surface area contributed by atoms with Crippen LogP contribution in [0.4, 0.5) is 13.2 Å². The van der Waals surface area contributed by atoms with Crippen molar-refractivity contribution in [3.63, 3.8) is 0 Å². The Hall–Kier alpha value is -3.38. The minimum atomic E-state index is -5.08. The third kappa shape index (κ3) is 6.83. The lowest BCUT2D eigenvalue weighted by molar-refractivity contribution is -0.192. The summed E-state index contributed by atoms with van der Waals surface area (Å²) < 4.78 is 33.6. The number of nitriles is 1. The van der Waals surface area contributed by atoms with Crippen molar-refractivity contribution >= 4 is 5.97 Å².